The Morgan fingerprint density at radius 2 is 0.983 bits per heavy atom. The van der Waals surface area contributed by atoms with Gasteiger partial charge in [-0.15, -0.1) is 0 Å². The lowest BCUT2D eigenvalue weighted by molar-refractivity contribution is 0.0118. The van der Waals surface area contributed by atoms with Gasteiger partial charge in [0.25, 0.3) is 0 Å². The minimum absolute atomic E-state index is 0.125. The second-order valence-electron chi connectivity index (χ2n) is 24.9. The summed E-state index contributed by atoms with van der Waals surface area (Å²) in [5, 5.41) is 0. The average molecular weight is 861 g/mol. The Balaban J connectivity index is 0.000000232. The van der Waals surface area contributed by atoms with E-state index in [1.165, 1.54) is 70.6 Å². The predicted octanol–water partition coefficient (Wildman–Crippen LogP) is 11.8. The summed E-state index contributed by atoms with van der Waals surface area (Å²) < 4.78 is 27.5. The second kappa shape index (κ2) is 19.8. The first-order chi connectivity index (χ1) is 27.7. The van der Waals surface area contributed by atoms with Gasteiger partial charge in [0.15, 0.2) is 0 Å². The van der Waals surface area contributed by atoms with E-state index >= 15 is 0 Å². The van der Waals surface area contributed by atoms with Gasteiger partial charge >= 0.3 is 12.2 Å². The Kier molecular flexibility index (Phi) is 16.4. The van der Waals surface area contributed by atoms with Crippen LogP contribution in [0.15, 0.2) is 0 Å². The molecule has 60 heavy (non-hydrogen) atoms. The van der Waals surface area contributed by atoms with E-state index < -0.39 is 22.2 Å². The van der Waals surface area contributed by atoms with Crippen LogP contribution in [0.3, 0.4) is 0 Å². The van der Waals surface area contributed by atoms with Crippen molar-refractivity contribution in [1.29, 1.82) is 0 Å². The van der Waals surface area contributed by atoms with Crippen molar-refractivity contribution < 1.29 is 23.3 Å². The zero-order chi connectivity index (χ0) is 44.4. The summed E-state index contributed by atoms with van der Waals surface area (Å²) in [6.07, 6.45) is 22.4. The van der Waals surface area contributed by atoms with Crippen LogP contribution in [0.25, 0.3) is 0 Å². The number of ether oxygens (including phenoxy) is 2. The first-order valence-corrected chi connectivity index (χ1v) is 25.8. The number of nitrogens with two attached hydrogens (primary N) is 1. The Bertz CT molecular complexity index is 1410. The molecule has 6 fully saturated rings. The summed E-state index contributed by atoms with van der Waals surface area (Å²) in [4.78, 5) is 29.2. The Hall–Kier alpha value is -1.39. The summed E-state index contributed by atoms with van der Waals surface area (Å²) in [7, 11) is -1.05. The molecule has 348 valence electrons. The number of carbonyl (C=O) groups is 2. The third-order valence-corrected chi connectivity index (χ3v) is 16.1. The number of amides is 2. The Morgan fingerprint density at radius 3 is 1.33 bits per heavy atom. The number of carbonyl (C=O) groups excluding carboxylic acids is 2. The molecule has 2 aliphatic heterocycles. The molecule has 10 heteroatoms. The van der Waals surface area contributed by atoms with Crippen molar-refractivity contribution in [3.63, 3.8) is 0 Å². The number of nitrogens with zero attached hydrogens (tertiary/aromatic N) is 2. The molecule has 6 aliphatic rings. The van der Waals surface area contributed by atoms with E-state index in [0.717, 1.165) is 93.5 Å². The summed E-state index contributed by atoms with van der Waals surface area (Å²) in [5.74, 6) is 6.86. The molecule has 2 heterocycles. The molecule has 2 saturated heterocycles. The van der Waals surface area contributed by atoms with Gasteiger partial charge in [0, 0.05) is 36.3 Å². The monoisotopic (exact) mass is 861 g/mol. The average Bonchev–Trinajstić information content (AvgIpc) is 3.89. The molecule has 0 aromatic carbocycles. The van der Waals surface area contributed by atoms with Gasteiger partial charge in [0.05, 0.1) is 15.7 Å². The minimum atomic E-state index is -1.05. The maximum atomic E-state index is 12.9. The molecule has 4 saturated carbocycles. The van der Waals surface area contributed by atoms with Gasteiger partial charge in [-0.1, -0.05) is 0 Å². The number of rotatable bonds is 18. The van der Waals surface area contributed by atoms with Crippen LogP contribution in [-0.4, -0.2) is 78.4 Å². The summed E-state index contributed by atoms with van der Waals surface area (Å²) in [6, 6.07) is 0.604. The predicted molar refractivity (Wildman–Crippen MR) is 248 cm³/mol. The van der Waals surface area contributed by atoms with Crippen LogP contribution in [-0.2, 0) is 20.5 Å². The smallest absolute Gasteiger partial charge is 0.410 e. The highest BCUT2D eigenvalue weighted by atomic mass is 32.2. The maximum absolute atomic E-state index is 12.9. The van der Waals surface area contributed by atoms with E-state index in [9.17, 15) is 13.8 Å². The van der Waals surface area contributed by atoms with Crippen molar-refractivity contribution in [2.45, 2.75) is 245 Å². The lowest BCUT2D eigenvalue weighted by Crippen LogP contribution is -2.45. The zero-order valence-corrected chi connectivity index (χ0v) is 41.7. The number of hydrogen-bond donors (Lipinski definition) is 2. The molecule has 0 spiro atoms. The van der Waals surface area contributed by atoms with E-state index in [-0.39, 0.29) is 34.1 Å². The molecule has 9 nitrogen and oxygen atoms in total. The molecule has 0 aromatic heterocycles. The highest BCUT2D eigenvalue weighted by Gasteiger charge is 2.46. The highest BCUT2D eigenvalue weighted by molar-refractivity contribution is 7.84. The first kappa shape index (κ1) is 49.6. The largest absolute Gasteiger partial charge is 0.444 e. The van der Waals surface area contributed by atoms with Crippen LogP contribution in [0.1, 0.15) is 206 Å². The molecule has 0 radical (unpaired) electrons. The van der Waals surface area contributed by atoms with Crippen LogP contribution >= 0.6 is 0 Å². The highest BCUT2D eigenvalue weighted by Crippen LogP contribution is 2.52. The molecule has 3 N–H and O–H groups in total. The van der Waals surface area contributed by atoms with Crippen LogP contribution < -0.4 is 10.5 Å². The second-order valence-corrected chi connectivity index (χ2v) is 26.9. The van der Waals surface area contributed by atoms with Crippen LogP contribution in [0.5, 0.6) is 0 Å². The van der Waals surface area contributed by atoms with Gasteiger partial charge in [0.2, 0.25) is 0 Å². The van der Waals surface area contributed by atoms with Crippen molar-refractivity contribution >= 4 is 23.2 Å². The summed E-state index contributed by atoms with van der Waals surface area (Å²) in [6.45, 7) is 27.9. The van der Waals surface area contributed by atoms with E-state index in [2.05, 4.69) is 32.4 Å². The van der Waals surface area contributed by atoms with Gasteiger partial charge in [-0.25, -0.2) is 18.5 Å². The molecular weight excluding hydrogens is 769 g/mol. The fraction of sp³-hybridized carbons (Fsp3) is 0.960. The standard InChI is InChI=1S/C27H50N2O3S.C23H42N2O2/c1-25(2,3)32-24(30)29-18-19(17-27(29,7)8)9-14-22(28-33(31)26(4,5)6)15-16-23(20-10-11-20)21-12-13-21;1-22(2,3)27-21(26)25-15-16(14-23(25,4)5)6-11-19(24)12-13-20(17-7-8-17)18-9-10-18/h19-23,28H,9-18H2,1-8H3;16-20H,6-15,24H2,1-5H3/t19-,22?,33?;16-,19?/m00/s1. The molecule has 6 rings (SSSR count). The lowest BCUT2D eigenvalue weighted by Gasteiger charge is -2.33. The number of likely N-dealkylation sites (tertiary alicyclic amines) is 2. The Labute approximate surface area is 370 Å². The lowest BCUT2D eigenvalue weighted by atomic mass is 9.88. The Morgan fingerprint density at radius 1 is 0.617 bits per heavy atom. The van der Waals surface area contributed by atoms with Gasteiger partial charge in [-0.05, 0) is 253 Å². The first-order valence-electron chi connectivity index (χ1n) is 24.7. The molecule has 3 unspecified atom stereocenters. The van der Waals surface area contributed by atoms with Gasteiger partial charge in [-0.2, -0.15) is 0 Å². The fourth-order valence-corrected chi connectivity index (χ4v) is 11.6. The molecule has 0 aromatic rings. The van der Waals surface area contributed by atoms with Crippen LogP contribution in [0.2, 0.25) is 0 Å². The molecule has 5 atom stereocenters. The summed E-state index contributed by atoms with van der Waals surface area (Å²) >= 11 is 0. The van der Waals surface area contributed by atoms with E-state index in [1.807, 2.05) is 72.1 Å². The van der Waals surface area contributed by atoms with E-state index in [0.29, 0.717) is 17.9 Å². The fourth-order valence-electron chi connectivity index (χ4n) is 10.7. The number of nitrogens with one attached hydrogen (secondary N) is 1. The van der Waals surface area contributed by atoms with Crippen molar-refractivity contribution in [2.24, 2.45) is 53.1 Å². The topological polar surface area (TPSA) is 114 Å². The van der Waals surface area contributed by atoms with E-state index in [4.69, 9.17) is 15.2 Å². The van der Waals surface area contributed by atoms with Crippen molar-refractivity contribution in [3.05, 3.63) is 0 Å². The zero-order valence-electron chi connectivity index (χ0n) is 40.8. The van der Waals surface area contributed by atoms with Crippen LogP contribution in [0.4, 0.5) is 9.59 Å². The maximum Gasteiger partial charge on any atom is 0.410 e. The molecule has 4 aliphatic carbocycles. The minimum Gasteiger partial charge on any atom is -0.444 e. The van der Waals surface area contributed by atoms with Gasteiger partial charge in [0.1, 0.15) is 11.2 Å². The third kappa shape index (κ3) is 16.0. The molecular formula is C50H92N4O5S. The van der Waals surface area contributed by atoms with Crippen molar-refractivity contribution in [1.82, 2.24) is 14.5 Å². The molecule has 0 bridgehead atoms. The third-order valence-electron chi connectivity index (χ3n) is 14.5. The normalized spacial score (nSPS) is 25.9. The van der Waals surface area contributed by atoms with Crippen molar-refractivity contribution in [3.8, 4) is 0 Å². The van der Waals surface area contributed by atoms with Crippen LogP contribution in [0, 0.1) is 47.3 Å². The van der Waals surface area contributed by atoms with Gasteiger partial charge in [-0.3, -0.25) is 0 Å². The summed E-state index contributed by atoms with van der Waals surface area (Å²) in [5.41, 5.74) is 5.26. The molecule has 2 amide bonds. The SMILES string of the molecule is CC(C)(C)OC(=O)N1C[C@@H](CCC(CCC(C2CC2)C2CC2)NS(=O)C(C)(C)C)CC1(C)C.CC(C)(C)OC(=O)N1C[C@@H](CCC(N)CCC(C2CC2)C2CC2)CC1(C)C. The van der Waals surface area contributed by atoms with Gasteiger partial charge < -0.3 is 25.0 Å². The quantitative estimate of drug-likeness (QED) is 0.142. The number of hydrogen-bond acceptors (Lipinski definition) is 6. The van der Waals surface area contributed by atoms with E-state index in [1.54, 1.807) is 0 Å². The van der Waals surface area contributed by atoms with Crippen molar-refractivity contribution in [2.75, 3.05) is 13.1 Å².